The third-order valence-corrected chi connectivity index (χ3v) is 4.06. The van der Waals surface area contributed by atoms with Gasteiger partial charge in [0.1, 0.15) is 11.8 Å². The van der Waals surface area contributed by atoms with Crippen molar-refractivity contribution in [3.05, 3.63) is 84.6 Å². The number of benzene rings is 2. The molecule has 0 aliphatic rings. The summed E-state index contributed by atoms with van der Waals surface area (Å²) in [4.78, 5) is 3.13. The Morgan fingerprint density at radius 2 is 1.73 bits per heavy atom. The Kier molecular flexibility index (Phi) is 6.35. The molecule has 0 atom stereocenters. The number of allylic oxidation sites excluding steroid dienone is 3. The molecule has 0 saturated heterocycles. The van der Waals surface area contributed by atoms with Gasteiger partial charge in [-0.25, -0.2) is 0 Å². The van der Waals surface area contributed by atoms with Gasteiger partial charge in [-0.05, 0) is 30.3 Å². The Morgan fingerprint density at radius 3 is 2.36 bits per heavy atom. The molecule has 0 aliphatic carbocycles. The molecule has 2 nitrogen and oxygen atoms in total. The van der Waals surface area contributed by atoms with Gasteiger partial charge >= 0.3 is 0 Å². The highest BCUT2D eigenvalue weighted by Crippen LogP contribution is 2.18. The number of para-hydroxylation sites is 1. The van der Waals surface area contributed by atoms with Crippen LogP contribution in [-0.4, -0.2) is 12.8 Å². The molecule has 2 aromatic carbocycles. The van der Waals surface area contributed by atoms with Gasteiger partial charge < -0.3 is 4.90 Å². The van der Waals surface area contributed by atoms with Gasteiger partial charge in [0.2, 0.25) is 0 Å². The zero-order valence-corrected chi connectivity index (χ0v) is 13.3. The fourth-order valence-corrected chi connectivity index (χ4v) is 2.64. The maximum absolute atomic E-state index is 9.29. The van der Waals surface area contributed by atoms with Crippen molar-refractivity contribution in [1.29, 1.82) is 5.26 Å². The third-order valence-electron chi connectivity index (χ3n) is 3.10. The van der Waals surface area contributed by atoms with E-state index in [1.807, 2.05) is 72.6 Å². The lowest BCUT2D eigenvalue weighted by Crippen LogP contribution is -2.14. The minimum absolute atomic E-state index is 0.618. The minimum Gasteiger partial charge on any atom is -0.336 e. The normalized spacial score (nSPS) is 11.4. The average Bonchev–Trinajstić information content (AvgIpc) is 2.59. The fraction of sp³-hybridized carbons (Fsp3) is 0.105. The molecule has 0 fully saturated rings. The predicted octanol–water partition coefficient (Wildman–Crippen LogP) is 4.88. The second-order valence-electron chi connectivity index (χ2n) is 4.61. The number of thioether (sulfide) groups is 1. The van der Waals surface area contributed by atoms with E-state index in [1.165, 1.54) is 4.90 Å². The quantitative estimate of drug-likeness (QED) is 0.432. The van der Waals surface area contributed by atoms with Crippen molar-refractivity contribution in [2.24, 2.45) is 0 Å². The third kappa shape index (κ3) is 4.83. The van der Waals surface area contributed by atoms with Crippen molar-refractivity contribution < 1.29 is 0 Å². The summed E-state index contributed by atoms with van der Waals surface area (Å²) in [5, 5.41) is 9.29. The molecule has 0 spiro atoms. The van der Waals surface area contributed by atoms with Crippen LogP contribution in [0, 0.1) is 11.3 Å². The van der Waals surface area contributed by atoms with E-state index >= 15 is 0 Å². The van der Waals surface area contributed by atoms with Crippen LogP contribution in [-0.2, 0) is 0 Å². The van der Waals surface area contributed by atoms with Crippen LogP contribution < -0.4 is 4.90 Å². The second-order valence-corrected chi connectivity index (χ2v) is 5.70. The fourth-order valence-electron chi connectivity index (χ4n) is 1.89. The highest BCUT2D eigenvalue weighted by Gasteiger charge is 2.04. The van der Waals surface area contributed by atoms with Crippen molar-refractivity contribution in [3.63, 3.8) is 0 Å². The summed E-state index contributed by atoms with van der Waals surface area (Å²) in [6.07, 6.45) is 5.85. The Labute approximate surface area is 136 Å². The molecule has 0 aromatic heterocycles. The first kappa shape index (κ1) is 15.9. The number of hydrogen-bond donors (Lipinski definition) is 0. The van der Waals surface area contributed by atoms with E-state index in [1.54, 1.807) is 11.8 Å². The van der Waals surface area contributed by atoms with Crippen LogP contribution in [0.25, 0.3) is 0 Å². The van der Waals surface area contributed by atoms with Gasteiger partial charge in [0.25, 0.3) is 0 Å². The monoisotopic (exact) mass is 306 g/mol. The van der Waals surface area contributed by atoms with Gasteiger partial charge in [0.05, 0.1) is 0 Å². The molecule has 110 valence electrons. The van der Waals surface area contributed by atoms with Crippen LogP contribution in [0.4, 0.5) is 5.69 Å². The SMILES string of the molecule is CN(/C(C#N)=C/C=C/CSc1ccccc1)c1ccccc1. The molecule has 0 unspecified atom stereocenters. The molecular formula is C19H18N2S. The van der Waals surface area contributed by atoms with Crippen LogP contribution in [0.15, 0.2) is 89.5 Å². The smallest absolute Gasteiger partial charge is 0.120 e. The van der Waals surface area contributed by atoms with Gasteiger partial charge in [-0.2, -0.15) is 5.26 Å². The Bertz CT molecular complexity index is 670. The molecule has 0 bridgehead atoms. The molecular weight excluding hydrogens is 288 g/mol. The zero-order chi connectivity index (χ0) is 15.6. The zero-order valence-electron chi connectivity index (χ0n) is 12.5. The van der Waals surface area contributed by atoms with Crippen LogP contribution in [0.3, 0.4) is 0 Å². The predicted molar refractivity (Wildman–Crippen MR) is 94.8 cm³/mol. The molecule has 2 rings (SSSR count). The van der Waals surface area contributed by atoms with Crippen LogP contribution in [0.5, 0.6) is 0 Å². The largest absolute Gasteiger partial charge is 0.336 e. The molecule has 0 heterocycles. The summed E-state index contributed by atoms with van der Waals surface area (Å²) in [5.41, 5.74) is 1.62. The Morgan fingerprint density at radius 1 is 1.09 bits per heavy atom. The van der Waals surface area contributed by atoms with Gasteiger partial charge in [0, 0.05) is 23.4 Å². The van der Waals surface area contributed by atoms with E-state index in [-0.39, 0.29) is 0 Å². The van der Waals surface area contributed by atoms with Crippen molar-refractivity contribution in [2.45, 2.75) is 4.90 Å². The van der Waals surface area contributed by atoms with E-state index in [0.717, 1.165) is 11.4 Å². The van der Waals surface area contributed by atoms with Gasteiger partial charge in [-0.1, -0.05) is 48.6 Å². The summed E-state index contributed by atoms with van der Waals surface area (Å²) in [5.74, 6) is 0.883. The van der Waals surface area contributed by atoms with Crippen molar-refractivity contribution >= 4 is 17.4 Å². The van der Waals surface area contributed by atoms with Crippen LogP contribution in [0.1, 0.15) is 0 Å². The minimum atomic E-state index is 0.618. The van der Waals surface area contributed by atoms with E-state index < -0.39 is 0 Å². The maximum Gasteiger partial charge on any atom is 0.120 e. The molecule has 0 aliphatic heterocycles. The van der Waals surface area contributed by atoms with Gasteiger partial charge in [-0.15, -0.1) is 11.8 Å². The number of anilines is 1. The molecule has 0 saturated carbocycles. The maximum atomic E-state index is 9.29. The van der Waals surface area contributed by atoms with Crippen LogP contribution >= 0.6 is 11.8 Å². The Hall–Kier alpha value is -2.44. The summed E-state index contributed by atoms with van der Waals surface area (Å²) >= 11 is 1.77. The highest BCUT2D eigenvalue weighted by atomic mass is 32.2. The van der Waals surface area contributed by atoms with E-state index in [9.17, 15) is 5.26 Å². The summed E-state index contributed by atoms with van der Waals surface area (Å²) in [7, 11) is 1.90. The van der Waals surface area contributed by atoms with Gasteiger partial charge in [-0.3, -0.25) is 0 Å². The van der Waals surface area contributed by atoms with E-state index in [0.29, 0.717) is 5.70 Å². The lowest BCUT2D eigenvalue weighted by molar-refractivity contribution is 1.14. The standard InChI is InChI=1S/C19H18N2S/c1-21(17-10-4-2-5-11-17)18(16-20)12-8-9-15-22-19-13-6-3-7-14-19/h2-14H,15H2,1H3/b9-8+,18-12+. The van der Waals surface area contributed by atoms with Crippen molar-refractivity contribution in [2.75, 3.05) is 17.7 Å². The van der Waals surface area contributed by atoms with Crippen molar-refractivity contribution in [1.82, 2.24) is 0 Å². The topological polar surface area (TPSA) is 27.0 Å². The second kappa shape index (κ2) is 8.76. The number of nitrogens with zero attached hydrogens (tertiary/aromatic N) is 2. The lowest BCUT2D eigenvalue weighted by atomic mass is 10.2. The first-order valence-corrected chi connectivity index (χ1v) is 8.03. The molecule has 0 radical (unpaired) electrons. The number of hydrogen-bond acceptors (Lipinski definition) is 3. The lowest BCUT2D eigenvalue weighted by Gasteiger charge is -2.17. The van der Waals surface area contributed by atoms with Crippen molar-refractivity contribution in [3.8, 4) is 6.07 Å². The van der Waals surface area contributed by atoms with Crippen LogP contribution in [0.2, 0.25) is 0 Å². The van der Waals surface area contributed by atoms with E-state index in [4.69, 9.17) is 0 Å². The number of rotatable bonds is 6. The highest BCUT2D eigenvalue weighted by molar-refractivity contribution is 7.99. The molecule has 0 N–H and O–H groups in total. The Balaban J connectivity index is 1.92. The summed E-state index contributed by atoms with van der Waals surface area (Å²) < 4.78 is 0. The summed E-state index contributed by atoms with van der Waals surface area (Å²) in [6.45, 7) is 0. The molecule has 22 heavy (non-hydrogen) atoms. The molecule has 0 amide bonds. The first-order valence-electron chi connectivity index (χ1n) is 7.05. The first-order chi connectivity index (χ1) is 10.8. The number of nitriles is 1. The van der Waals surface area contributed by atoms with Gasteiger partial charge in [0.15, 0.2) is 0 Å². The van der Waals surface area contributed by atoms with E-state index in [2.05, 4.69) is 24.3 Å². The average molecular weight is 306 g/mol. The molecule has 3 heteroatoms. The summed E-state index contributed by atoms with van der Waals surface area (Å²) in [6, 6.07) is 22.4. The molecule has 2 aromatic rings.